The lowest BCUT2D eigenvalue weighted by Gasteiger charge is -2.00. The molecular formula is C16H16N4O2. The number of aromatic nitrogens is 2. The zero-order valence-corrected chi connectivity index (χ0v) is 12.4. The van der Waals surface area contributed by atoms with Crippen molar-refractivity contribution in [2.24, 2.45) is 10.2 Å². The van der Waals surface area contributed by atoms with E-state index in [4.69, 9.17) is 4.74 Å². The quantitative estimate of drug-likeness (QED) is 0.748. The number of azo groups is 1. The van der Waals surface area contributed by atoms with Crippen molar-refractivity contribution in [3.63, 3.8) is 0 Å². The van der Waals surface area contributed by atoms with Crippen LogP contribution in [0.5, 0.6) is 5.75 Å². The average molecular weight is 296 g/mol. The molecule has 0 aliphatic carbocycles. The number of rotatable bonds is 4. The van der Waals surface area contributed by atoms with Gasteiger partial charge >= 0.3 is 0 Å². The lowest BCUT2D eigenvalue weighted by Crippen LogP contribution is -1.89. The molecule has 0 spiro atoms. The first-order valence-electron chi connectivity index (χ1n) is 6.85. The smallest absolute Gasteiger partial charge is 0.182 e. The van der Waals surface area contributed by atoms with Crippen LogP contribution in [0, 0.1) is 6.92 Å². The van der Waals surface area contributed by atoms with Crippen LogP contribution in [0.1, 0.15) is 11.3 Å². The van der Waals surface area contributed by atoms with Crippen molar-refractivity contribution in [1.29, 1.82) is 0 Å². The van der Waals surface area contributed by atoms with Crippen molar-refractivity contribution in [3.05, 3.63) is 53.9 Å². The number of hydrogen-bond donors (Lipinski definition) is 1. The third-order valence-corrected chi connectivity index (χ3v) is 3.34. The number of aliphatic hydroxyl groups is 1. The molecular weight excluding hydrogens is 280 g/mol. The van der Waals surface area contributed by atoms with Gasteiger partial charge in [0, 0.05) is 6.20 Å². The van der Waals surface area contributed by atoms with Crippen LogP contribution < -0.4 is 4.74 Å². The van der Waals surface area contributed by atoms with Gasteiger partial charge in [0.1, 0.15) is 11.4 Å². The van der Waals surface area contributed by atoms with Crippen LogP contribution in [0.15, 0.2) is 52.8 Å². The van der Waals surface area contributed by atoms with Crippen LogP contribution in [0.25, 0.3) is 5.65 Å². The summed E-state index contributed by atoms with van der Waals surface area (Å²) in [5, 5.41) is 17.8. The molecule has 0 amide bonds. The first-order valence-corrected chi connectivity index (χ1v) is 6.85. The minimum atomic E-state index is -0.0256. The fraction of sp³-hybridized carbons (Fsp3) is 0.188. The minimum absolute atomic E-state index is 0.0256. The van der Waals surface area contributed by atoms with Crippen molar-refractivity contribution in [2.45, 2.75) is 13.5 Å². The third-order valence-electron chi connectivity index (χ3n) is 3.34. The molecule has 0 fully saturated rings. The zero-order valence-electron chi connectivity index (χ0n) is 12.4. The van der Waals surface area contributed by atoms with Crippen LogP contribution in [0.2, 0.25) is 0 Å². The van der Waals surface area contributed by atoms with E-state index in [0.29, 0.717) is 5.82 Å². The Kier molecular flexibility index (Phi) is 3.84. The molecule has 0 atom stereocenters. The SMILES string of the molecule is COc1ccc(N=Nc2c(C)nc3ccc(CO)cn23)cc1. The second-order valence-electron chi connectivity index (χ2n) is 4.84. The number of pyridine rings is 1. The summed E-state index contributed by atoms with van der Waals surface area (Å²) in [7, 11) is 1.62. The second kappa shape index (κ2) is 5.95. The zero-order chi connectivity index (χ0) is 15.5. The Morgan fingerprint density at radius 3 is 2.59 bits per heavy atom. The first-order chi connectivity index (χ1) is 10.7. The molecule has 3 rings (SSSR count). The summed E-state index contributed by atoms with van der Waals surface area (Å²) in [6.45, 7) is 1.86. The number of benzene rings is 1. The molecule has 112 valence electrons. The van der Waals surface area contributed by atoms with E-state index < -0.39 is 0 Å². The fourth-order valence-electron chi connectivity index (χ4n) is 2.16. The Bertz CT molecular complexity index is 822. The van der Waals surface area contributed by atoms with Gasteiger partial charge in [-0.15, -0.1) is 10.2 Å². The molecule has 1 aromatic carbocycles. The summed E-state index contributed by atoms with van der Waals surface area (Å²) in [5.41, 5.74) is 3.09. The number of ether oxygens (including phenoxy) is 1. The monoisotopic (exact) mass is 296 g/mol. The van der Waals surface area contributed by atoms with E-state index in [9.17, 15) is 5.11 Å². The highest BCUT2D eigenvalue weighted by atomic mass is 16.5. The van der Waals surface area contributed by atoms with Crippen LogP contribution in [-0.2, 0) is 6.61 Å². The van der Waals surface area contributed by atoms with Crippen LogP contribution >= 0.6 is 0 Å². The molecule has 6 heteroatoms. The van der Waals surface area contributed by atoms with Crippen LogP contribution in [-0.4, -0.2) is 21.6 Å². The number of methoxy groups -OCH3 is 1. The van der Waals surface area contributed by atoms with E-state index in [1.165, 1.54) is 0 Å². The Labute approximate surface area is 127 Å². The summed E-state index contributed by atoms with van der Waals surface area (Å²) < 4.78 is 6.94. The molecule has 3 aromatic rings. The molecule has 0 saturated carbocycles. The van der Waals surface area contributed by atoms with Gasteiger partial charge in [0.15, 0.2) is 5.82 Å². The minimum Gasteiger partial charge on any atom is -0.497 e. The Hall–Kier alpha value is -2.73. The van der Waals surface area contributed by atoms with Gasteiger partial charge in [0.2, 0.25) is 0 Å². The van der Waals surface area contributed by atoms with E-state index in [1.807, 2.05) is 53.9 Å². The van der Waals surface area contributed by atoms with Gasteiger partial charge in [0.05, 0.1) is 25.1 Å². The number of aryl methyl sites for hydroxylation is 1. The molecule has 1 N–H and O–H groups in total. The molecule has 0 saturated heterocycles. The number of hydrogen-bond acceptors (Lipinski definition) is 5. The van der Waals surface area contributed by atoms with Gasteiger partial charge in [-0.25, -0.2) is 4.98 Å². The average Bonchev–Trinajstić information content (AvgIpc) is 2.87. The predicted molar refractivity (Wildman–Crippen MR) is 83.0 cm³/mol. The second-order valence-corrected chi connectivity index (χ2v) is 4.84. The van der Waals surface area contributed by atoms with Gasteiger partial charge in [0.25, 0.3) is 0 Å². The van der Waals surface area contributed by atoms with Gasteiger partial charge in [-0.1, -0.05) is 6.07 Å². The summed E-state index contributed by atoms with van der Waals surface area (Å²) in [4.78, 5) is 4.44. The maximum absolute atomic E-state index is 9.25. The summed E-state index contributed by atoms with van der Waals surface area (Å²) in [5.74, 6) is 1.43. The van der Waals surface area contributed by atoms with E-state index >= 15 is 0 Å². The maximum Gasteiger partial charge on any atom is 0.182 e. The van der Waals surface area contributed by atoms with Gasteiger partial charge in [-0.2, -0.15) is 0 Å². The van der Waals surface area contributed by atoms with Crippen LogP contribution in [0.4, 0.5) is 11.5 Å². The molecule has 6 nitrogen and oxygen atoms in total. The lowest BCUT2D eigenvalue weighted by molar-refractivity contribution is 0.281. The third kappa shape index (κ3) is 2.68. The predicted octanol–water partition coefficient (Wildman–Crippen LogP) is 3.56. The Morgan fingerprint density at radius 2 is 1.91 bits per heavy atom. The molecule has 2 heterocycles. The normalized spacial score (nSPS) is 11.4. The standard InChI is InChI=1S/C16H16N4O2/c1-11-16(19-18-13-4-6-14(22-2)7-5-13)20-9-12(10-21)3-8-15(20)17-11/h3-9,21H,10H2,1-2H3. The van der Waals surface area contributed by atoms with Gasteiger partial charge < -0.3 is 9.84 Å². The molecule has 2 aromatic heterocycles. The fourth-order valence-corrected chi connectivity index (χ4v) is 2.16. The summed E-state index contributed by atoms with van der Waals surface area (Å²) >= 11 is 0. The van der Waals surface area contributed by atoms with Crippen molar-refractivity contribution < 1.29 is 9.84 Å². The number of aliphatic hydroxyl groups excluding tert-OH is 1. The van der Waals surface area contributed by atoms with E-state index in [2.05, 4.69) is 15.2 Å². The highest BCUT2D eigenvalue weighted by Gasteiger charge is 2.08. The van der Waals surface area contributed by atoms with Crippen molar-refractivity contribution >= 4 is 17.2 Å². The van der Waals surface area contributed by atoms with Crippen molar-refractivity contribution in [1.82, 2.24) is 9.38 Å². The van der Waals surface area contributed by atoms with E-state index in [-0.39, 0.29) is 6.61 Å². The van der Waals surface area contributed by atoms with Gasteiger partial charge in [-0.3, -0.25) is 4.40 Å². The molecule has 0 aliphatic heterocycles. The molecule has 22 heavy (non-hydrogen) atoms. The number of nitrogens with zero attached hydrogens (tertiary/aromatic N) is 4. The van der Waals surface area contributed by atoms with E-state index in [0.717, 1.165) is 28.3 Å². The van der Waals surface area contributed by atoms with Crippen molar-refractivity contribution in [3.8, 4) is 5.75 Å². The molecule has 0 unspecified atom stereocenters. The maximum atomic E-state index is 9.25. The van der Waals surface area contributed by atoms with Crippen molar-refractivity contribution in [2.75, 3.05) is 7.11 Å². The lowest BCUT2D eigenvalue weighted by atomic mass is 10.3. The Morgan fingerprint density at radius 1 is 1.14 bits per heavy atom. The Balaban J connectivity index is 1.98. The van der Waals surface area contributed by atoms with Gasteiger partial charge in [-0.05, 0) is 42.8 Å². The summed E-state index contributed by atoms with van der Waals surface area (Å²) in [6, 6.07) is 11.0. The van der Waals surface area contributed by atoms with Crippen LogP contribution in [0.3, 0.4) is 0 Å². The number of imidazole rings is 1. The molecule has 0 aliphatic rings. The number of fused-ring (bicyclic) bond motifs is 1. The largest absolute Gasteiger partial charge is 0.497 e. The molecule has 0 radical (unpaired) electrons. The van der Waals surface area contributed by atoms with E-state index in [1.54, 1.807) is 7.11 Å². The topological polar surface area (TPSA) is 71.5 Å². The highest BCUT2D eigenvalue weighted by Crippen LogP contribution is 2.25. The highest BCUT2D eigenvalue weighted by molar-refractivity contribution is 5.52. The first kappa shape index (κ1) is 14.2. The molecule has 0 bridgehead atoms. The summed E-state index contributed by atoms with van der Waals surface area (Å²) in [6.07, 6.45) is 1.82.